The Morgan fingerprint density at radius 3 is 2.48 bits per heavy atom. The van der Waals surface area contributed by atoms with Crippen molar-refractivity contribution in [2.45, 2.75) is 20.1 Å². The second-order valence-corrected chi connectivity index (χ2v) is 7.85. The molecule has 0 radical (unpaired) electrons. The lowest BCUT2D eigenvalue weighted by Gasteiger charge is -2.16. The fraction of sp³-hybridized carbons (Fsp3) is 0.217. The largest absolute Gasteiger partial charge is 0.487 e. The predicted molar refractivity (Wildman–Crippen MR) is 118 cm³/mol. The SMILES string of the molecule is Cc1cc(OCc2ccc(F)cc2F)c(Cl)c(=O)n1-c1cc(CNC(=O)N(C)C)ccc1F. The molecule has 174 valence electrons. The highest BCUT2D eigenvalue weighted by Crippen LogP contribution is 2.26. The Kier molecular flexibility index (Phi) is 7.33. The summed E-state index contributed by atoms with van der Waals surface area (Å²) in [5.41, 5.74) is 0.169. The highest BCUT2D eigenvalue weighted by Gasteiger charge is 2.17. The summed E-state index contributed by atoms with van der Waals surface area (Å²) >= 11 is 6.18. The van der Waals surface area contributed by atoms with E-state index in [2.05, 4.69) is 5.32 Å². The number of carbonyl (C=O) groups excluding carboxylic acids is 1. The number of nitrogens with zero attached hydrogens (tertiary/aromatic N) is 2. The number of aryl methyl sites for hydroxylation is 1. The molecular weight excluding hydrogens is 459 g/mol. The first-order valence-electron chi connectivity index (χ1n) is 9.81. The molecule has 0 aliphatic rings. The minimum atomic E-state index is -0.795. The van der Waals surface area contributed by atoms with Crippen LogP contribution in [0, 0.1) is 24.4 Å². The average Bonchev–Trinajstić information content (AvgIpc) is 2.76. The Bertz CT molecular complexity index is 1260. The molecule has 0 saturated heterocycles. The fourth-order valence-corrected chi connectivity index (χ4v) is 3.25. The van der Waals surface area contributed by atoms with Gasteiger partial charge in [0.05, 0.1) is 5.69 Å². The van der Waals surface area contributed by atoms with E-state index in [0.717, 1.165) is 16.7 Å². The van der Waals surface area contributed by atoms with Gasteiger partial charge in [-0.05, 0) is 36.8 Å². The summed E-state index contributed by atoms with van der Waals surface area (Å²) in [6.45, 7) is 1.39. The molecule has 0 atom stereocenters. The van der Waals surface area contributed by atoms with Crippen LogP contribution < -0.4 is 15.6 Å². The van der Waals surface area contributed by atoms with Crippen molar-refractivity contribution in [2.75, 3.05) is 14.1 Å². The summed E-state index contributed by atoms with van der Waals surface area (Å²) < 4.78 is 48.1. The van der Waals surface area contributed by atoms with Crippen molar-refractivity contribution in [3.05, 3.63) is 92.1 Å². The number of pyridine rings is 1. The Labute approximate surface area is 193 Å². The van der Waals surface area contributed by atoms with Crippen molar-refractivity contribution >= 4 is 17.6 Å². The van der Waals surface area contributed by atoms with E-state index in [0.29, 0.717) is 11.3 Å². The maximum Gasteiger partial charge on any atom is 0.317 e. The molecule has 0 saturated carbocycles. The number of carbonyl (C=O) groups is 1. The lowest BCUT2D eigenvalue weighted by atomic mass is 10.1. The number of urea groups is 1. The third-order valence-corrected chi connectivity index (χ3v) is 5.15. The molecule has 2 amide bonds. The minimum absolute atomic E-state index is 0.0195. The van der Waals surface area contributed by atoms with E-state index >= 15 is 0 Å². The molecule has 0 spiro atoms. The number of ether oxygens (including phenoxy) is 1. The molecule has 2 aromatic carbocycles. The predicted octanol–water partition coefficient (Wildman–Crippen LogP) is 4.57. The number of rotatable bonds is 6. The molecule has 0 aliphatic heterocycles. The van der Waals surface area contributed by atoms with Crippen molar-refractivity contribution in [3.8, 4) is 11.4 Å². The van der Waals surface area contributed by atoms with E-state index in [1.54, 1.807) is 21.0 Å². The maximum atomic E-state index is 14.6. The Morgan fingerprint density at radius 2 is 1.82 bits per heavy atom. The van der Waals surface area contributed by atoms with Gasteiger partial charge in [0.15, 0.2) is 0 Å². The van der Waals surface area contributed by atoms with Crippen molar-refractivity contribution in [2.24, 2.45) is 0 Å². The van der Waals surface area contributed by atoms with Crippen LogP contribution in [-0.2, 0) is 13.2 Å². The third kappa shape index (κ3) is 5.48. The maximum absolute atomic E-state index is 14.6. The van der Waals surface area contributed by atoms with Gasteiger partial charge in [0, 0.05) is 44.0 Å². The molecule has 6 nitrogen and oxygen atoms in total. The van der Waals surface area contributed by atoms with E-state index in [9.17, 15) is 22.8 Å². The number of hydrogen-bond acceptors (Lipinski definition) is 3. The summed E-state index contributed by atoms with van der Waals surface area (Å²) in [5, 5.41) is 2.34. The Hall–Kier alpha value is -3.46. The monoisotopic (exact) mass is 479 g/mol. The molecule has 0 bridgehead atoms. The van der Waals surface area contributed by atoms with Gasteiger partial charge in [-0.25, -0.2) is 18.0 Å². The molecule has 1 aromatic heterocycles. The normalized spacial score (nSPS) is 10.8. The van der Waals surface area contributed by atoms with Crippen LogP contribution in [0.4, 0.5) is 18.0 Å². The van der Waals surface area contributed by atoms with Gasteiger partial charge in [-0.3, -0.25) is 9.36 Å². The van der Waals surface area contributed by atoms with Gasteiger partial charge in [-0.2, -0.15) is 0 Å². The smallest absolute Gasteiger partial charge is 0.317 e. The minimum Gasteiger partial charge on any atom is -0.487 e. The quantitative estimate of drug-likeness (QED) is 0.563. The van der Waals surface area contributed by atoms with Crippen LogP contribution in [-0.4, -0.2) is 29.6 Å². The topological polar surface area (TPSA) is 63.6 Å². The zero-order chi connectivity index (χ0) is 24.3. The van der Waals surface area contributed by atoms with Crippen LogP contribution in [0.3, 0.4) is 0 Å². The first kappa shape index (κ1) is 24.2. The highest BCUT2D eigenvalue weighted by atomic mass is 35.5. The van der Waals surface area contributed by atoms with Gasteiger partial charge in [0.2, 0.25) is 0 Å². The number of benzene rings is 2. The van der Waals surface area contributed by atoms with E-state index in [-0.39, 0.29) is 41.2 Å². The number of nitrogens with one attached hydrogen (secondary N) is 1. The Balaban J connectivity index is 1.90. The van der Waals surface area contributed by atoms with E-state index in [1.807, 2.05) is 0 Å². The van der Waals surface area contributed by atoms with Gasteiger partial charge in [-0.15, -0.1) is 0 Å². The summed E-state index contributed by atoms with van der Waals surface area (Å²) in [5.74, 6) is -2.20. The summed E-state index contributed by atoms with van der Waals surface area (Å²) in [6.07, 6.45) is 0. The Morgan fingerprint density at radius 1 is 1.09 bits per heavy atom. The van der Waals surface area contributed by atoms with Crippen LogP contribution in [0.2, 0.25) is 5.02 Å². The van der Waals surface area contributed by atoms with Gasteiger partial charge in [0.25, 0.3) is 5.56 Å². The molecule has 1 N–H and O–H groups in total. The van der Waals surface area contributed by atoms with Crippen LogP contribution in [0.1, 0.15) is 16.8 Å². The lowest BCUT2D eigenvalue weighted by Crippen LogP contribution is -2.34. The van der Waals surface area contributed by atoms with Gasteiger partial charge in [0.1, 0.15) is 34.8 Å². The number of amides is 2. The zero-order valence-corrected chi connectivity index (χ0v) is 18.8. The first-order valence-corrected chi connectivity index (χ1v) is 10.2. The van der Waals surface area contributed by atoms with E-state index < -0.39 is 23.0 Å². The summed E-state index contributed by atoms with van der Waals surface area (Å²) in [6, 6.07) is 8.25. The van der Waals surface area contributed by atoms with Gasteiger partial charge < -0.3 is 15.0 Å². The van der Waals surface area contributed by atoms with Crippen LogP contribution >= 0.6 is 11.6 Å². The number of aromatic nitrogens is 1. The summed E-state index contributed by atoms with van der Waals surface area (Å²) in [4.78, 5) is 26.0. The second-order valence-electron chi connectivity index (χ2n) is 7.47. The summed E-state index contributed by atoms with van der Waals surface area (Å²) in [7, 11) is 3.18. The molecule has 0 unspecified atom stereocenters. The second kappa shape index (κ2) is 9.99. The standard InChI is InChI=1S/C23H21ClF3N3O3/c1-13-8-20(33-12-15-5-6-16(25)10-18(15)27)21(24)22(31)30(13)19-9-14(4-7-17(19)26)11-28-23(32)29(2)3/h4-10H,11-12H2,1-3H3,(H,28,32). The van der Waals surface area contributed by atoms with Gasteiger partial charge in [-0.1, -0.05) is 17.7 Å². The molecule has 3 aromatic rings. The van der Waals surface area contributed by atoms with Crippen LogP contribution in [0.15, 0.2) is 47.3 Å². The molecule has 0 aliphatic carbocycles. The lowest BCUT2D eigenvalue weighted by molar-refractivity contribution is 0.217. The van der Waals surface area contributed by atoms with Gasteiger partial charge >= 0.3 is 6.03 Å². The van der Waals surface area contributed by atoms with Crippen LogP contribution in [0.25, 0.3) is 5.69 Å². The molecule has 1 heterocycles. The van der Waals surface area contributed by atoms with Crippen molar-refractivity contribution in [3.63, 3.8) is 0 Å². The average molecular weight is 480 g/mol. The first-order chi connectivity index (χ1) is 15.6. The molecular formula is C23H21ClF3N3O3. The van der Waals surface area contributed by atoms with E-state index in [1.165, 1.54) is 35.2 Å². The van der Waals surface area contributed by atoms with E-state index in [4.69, 9.17) is 16.3 Å². The number of halogens is 4. The molecule has 33 heavy (non-hydrogen) atoms. The fourth-order valence-electron chi connectivity index (χ4n) is 3.06. The van der Waals surface area contributed by atoms with Crippen molar-refractivity contribution < 1.29 is 22.7 Å². The molecule has 0 fully saturated rings. The third-order valence-electron chi connectivity index (χ3n) is 4.80. The molecule has 10 heteroatoms. The zero-order valence-electron chi connectivity index (χ0n) is 18.1. The van der Waals surface area contributed by atoms with Crippen molar-refractivity contribution in [1.29, 1.82) is 0 Å². The van der Waals surface area contributed by atoms with Crippen LogP contribution in [0.5, 0.6) is 5.75 Å². The molecule has 3 rings (SSSR count). The number of hydrogen-bond donors (Lipinski definition) is 1. The van der Waals surface area contributed by atoms with Crippen molar-refractivity contribution in [1.82, 2.24) is 14.8 Å². The highest BCUT2D eigenvalue weighted by molar-refractivity contribution is 6.31.